The molecular formula is C37H43N5O7. The Balaban J connectivity index is 1.60. The molecule has 0 fully saturated rings. The van der Waals surface area contributed by atoms with Crippen molar-refractivity contribution in [3.05, 3.63) is 108 Å². The Hall–Kier alpha value is -5.65. The molecule has 4 aromatic rings. The number of H-pyrrole nitrogens is 1. The van der Waals surface area contributed by atoms with Crippen molar-refractivity contribution in [3.8, 4) is 0 Å². The molecule has 12 heteroatoms. The zero-order valence-corrected chi connectivity index (χ0v) is 27.9. The van der Waals surface area contributed by atoms with Gasteiger partial charge in [-0.25, -0.2) is 9.59 Å². The summed E-state index contributed by atoms with van der Waals surface area (Å²) in [6.07, 6.45) is 0.696. The summed E-state index contributed by atoms with van der Waals surface area (Å²) in [4.78, 5) is 68.7. The van der Waals surface area contributed by atoms with E-state index in [1.54, 1.807) is 27.0 Å². The van der Waals surface area contributed by atoms with Crippen molar-refractivity contribution in [1.29, 1.82) is 0 Å². The first kappa shape index (κ1) is 36.2. The van der Waals surface area contributed by atoms with Crippen LogP contribution < -0.4 is 21.7 Å². The van der Waals surface area contributed by atoms with Crippen molar-refractivity contribution >= 4 is 40.7 Å². The molecule has 0 unspecified atom stereocenters. The molecule has 49 heavy (non-hydrogen) atoms. The number of alkyl carbamates (subject to hydrolysis) is 1. The summed E-state index contributed by atoms with van der Waals surface area (Å²) in [5.41, 5.74) is 7.63. The molecule has 0 saturated heterocycles. The van der Waals surface area contributed by atoms with Gasteiger partial charge in [0.2, 0.25) is 17.7 Å². The molecule has 0 bridgehead atoms. The van der Waals surface area contributed by atoms with Gasteiger partial charge in [-0.05, 0) is 49.9 Å². The van der Waals surface area contributed by atoms with Gasteiger partial charge in [-0.1, -0.05) is 78.9 Å². The van der Waals surface area contributed by atoms with E-state index in [0.29, 0.717) is 0 Å². The molecule has 1 heterocycles. The van der Waals surface area contributed by atoms with Crippen molar-refractivity contribution in [1.82, 2.24) is 20.9 Å². The van der Waals surface area contributed by atoms with Crippen LogP contribution in [0.1, 0.15) is 50.3 Å². The molecule has 12 nitrogen and oxygen atoms in total. The fourth-order valence-corrected chi connectivity index (χ4v) is 5.15. The number of para-hydroxylation sites is 1. The van der Waals surface area contributed by atoms with Gasteiger partial charge in [-0.3, -0.25) is 14.4 Å². The van der Waals surface area contributed by atoms with Crippen LogP contribution in [0.3, 0.4) is 0 Å². The summed E-state index contributed by atoms with van der Waals surface area (Å²) in [7, 11) is 0. The van der Waals surface area contributed by atoms with Crippen molar-refractivity contribution in [3.63, 3.8) is 0 Å². The highest BCUT2D eigenvalue weighted by atomic mass is 16.6. The summed E-state index contributed by atoms with van der Waals surface area (Å²) in [5, 5.41) is 8.88. The first-order chi connectivity index (χ1) is 23.4. The molecule has 0 aliphatic carbocycles. The summed E-state index contributed by atoms with van der Waals surface area (Å²) < 4.78 is 10.9. The number of hydrogen-bond acceptors (Lipinski definition) is 7. The lowest BCUT2D eigenvalue weighted by atomic mass is 10.0. The highest BCUT2D eigenvalue weighted by Gasteiger charge is 2.32. The number of aromatic amines is 1. The molecule has 0 radical (unpaired) electrons. The lowest BCUT2D eigenvalue weighted by Gasteiger charge is -2.26. The molecule has 4 rings (SSSR count). The fourth-order valence-electron chi connectivity index (χ4n) is 5.15. The van der Waals surface area contributed by atoms with Crippen LogP contribution in [0.25, 0.3) is 10.9 Å². The van der Waals surface area contributed by atoms with Crippen molar-refractivity contribution in [2.24, 2.45) is 5.73 Å². The van der Waals surface area contributed by atoms with Gasteiger partial charge in [0.05, 0.1) is 0 Å². The third-order valence-electron chi connectivity index (χ3n) is 7.53. The van der Waals surface area contributed by atoms with Crippen molar-refractivity contribution in [2.45, 2.75) is 76.8 Å². The maximum absolute atomic E-state index is 14.1. The molecule has 258 valence electrons. The lowest BCUT2D eigenvalue weighted by Crippen LogP contribution is -2.57. The minimum Gasteiger partial charge on any atom is -0.459 e. The zero-order valence-electron chi connectivity index (χ0n) is 27.9. The second kappa shape index (κ2) is 17.0. The van der Waals surface area contributed by atoms with Gasteiger partial charge in [0.1, 0.15) is 30.3 Å². The van der Waals surface area contributed by atoms with E-state index in [1.165, 1.54) is 0 Å². The van der Waals surface area contributed by atoms with Gasteiger partial charge in [-0.15, -0.1) is 0 Å². The number of rotatable bonds is 15. The van der Waals surface area contributed by atoms with Crippen LogP contribution in [0, 0.1) is 0 Å². The van der Waals surface area contributed by atoms with Gasteiger partial charge in [0, 0.05) is 36.4 Å². The summed E-state index contributed by atoms with van der Waals surface area (Å²) in [6, 6.07) is 22.3. The Bertz CT molecular complexity index is 1730. The van der Waals surface area contributed by atoms with E-state index in [9.17, 15) is 24.0 Å². The Morgan fingerprint density at radius 3 is 1.98 bits per heavy atom. The number of nitrogens with two attached hydrogens (primary N) is 1. The standard InChI is InChI=1S/C37H43N5O7/c1-37(2,3)49-36(47)42-29(18-19-32(38)43)33(44)40-30(21-26-22-39-28-17-11-10-16-27(26)28)34(45)41-31(20-24-12-6-4-7-13-24)35(46)48-23-25-14-8-5-9-15-25/h4-17,22,29-31,39H,18-21,23H2,1-3H3,(H2,38,43)(H,40,44)(H,41,45)(H,42,47)/t29-,30+,31-/m0/s1. The molecular weight excluding hydrogens is 626 g/mol. The number of nitrogens with one attached hydrogen (secondary N) is 4. The van der Waals surface area contributed by atoms with Crippen LogP contribution in [0.4, 0.5) is 4.79 Å². The number of primary amides is 1. The Morgan fingerprint density at radius 1 is 0.735 bits per heavy atom. The van der Waals surface area contributed by atoms with E-state index >= 15 is 0 Å². The second-order valence-electron chi connectivity index (χ2n) is 12.7. The third-order valence-corrected chi connectivity index (χ3v) is 7.53. The Labute approximate surface area is 285 Å². The number of esters is 1. The number of fused-ring (bicyclic) bond motifs is 1. The molecule has 6 N–H and O–H groups in total. The number of ether oxygens (including phenoxy) is 2. The first-order valence-electron chi connectivity index (χ1n) is 16.1. The quantitative estimate of drug-likeness (QED) is 0.119. The Kier molecular flexibility index (Phi) is 12.5. The van der Waals surface area contributed by atoms with Gasteiger partial charge >= 0.3 is 12.1 Å². The molecule has 1 aromatic heterocycles. The van der Waals surface area contributed by atoms with Crippen LogP contribution in [0.2, 0.25) is 0 Å². The van der Waals surface area contributed by atoms with Crippen LogP contribution in [-0.4, -0.2) is 58.5 Å². The molecule has 0 aliphatic heterocycles. The highest BCUT2D eigenvalue weighted by Crippen LogP contribution is 2.20. The van der Waals surface area contributed by atoms with E-state index in [1.807, 2.05) is 84.9 Å². The zero-order chi connectivity index (χ0) is 35.4. The number of hydrogen-bond donors (Lipinski definition) is 5. The molecule has 0 saturated carbocycles. The van der Waals surface area contributed by atoms with E-state index in [-0.39, 0.29) is 32.3 Å². The summed E-state index contributed by atoms with van der Waals surface area (Å²) in [6.45, 7) is 5.02. The van der Waals surface area contributed by atoms with E-state index in [2.05, 4.69) is 20.9 Å². The van der Waals surface area contributed by atoms with E-state index < -0.39 is 53.5 Å². The van der Waals surface area contributed by atoms with Crippen LogP contribution in [0.15, 0.2) is 91.1 Å². The molecule has 0 aliphatic rings. The topological polar surface area (TPSA) is 182 Å². The number of aromatic nitrogens is 1. The minimum atomic E-state index is -1.25. The molecule has 0 spiro atoms. The molecule has 3 aromatic carbocycles. The van der Waals surface area contributed by atoms with Gasteiger partial charge in [-0.2, -0.15) is 0 Å². The van der Waals surface area contributed by atoms with Gasteiger partial charge < -0.3 is 36.1 Å². The average molecular weight is 670 g/mol. The third kappa shape index (κ3) is 11.5. The summed E-state index contributed by atoms with van der Waals surface area (Å²) >= 11 is 0. The number of amides is 4. The van der Waals surface area contributed by atoms with Crippen LogP contribution >= 0.6 is 0 Å². The average Bonchev–Trinajstić information content (AvgIpc) is 3.47. The predicted octanol–water partition coefficient (Wildman–Crippen LogP) is 3.82. The van der Waals surface area contributed by atoms with Crippen molar-refractivity contribution in [2.75, 3.05) is 0 Å². The molecule has 3 atom stereocenters. The largest absolute Gasteiger partial charge is 0.459 e. The van der Waals surface area contributed by atoms with Gasteiger partial charge in [0.15, 0.2) is 0 Å². The number of carbonyl (C=O) groups excluding carboxylic acids is 5. The fraction of sp³-hybridized carbons (Fsp3) is 0.324. The summed E-state index contributed by atoms with van der Waals surface area (Å²) in [5.74, 6) is -2.71. The van der Waals surface area contributed by atoms with E-state index in [0.717, 1.165) is 27.6 Å². The predicted molar refractivity (Wildman–Crippen MR) is 184 cm³/mol. The number of benzene rings is 3. The second-order valence-corrected chi connectivity index (χ2v) is 12.7. The maximum atomic E-state index is 14.1. The highest BCUT2D eigenvalue weighted by molar-refractivity contribution is 5.94. The van der Waals surface area contributed by atoms with Crippen molar-refractivity contribution < 1.29 is 33.4 Å². The van der Waals surface area contributed by atoms with Crippen LogP contribution in [-0.2, 0) is 48.1 Å². The van der Waals surface area contributed by atoms with Gasteiger partial charge in [0.25, 0.3) is 0 Å². The number of carbonyl (C=O) groups is 5. The molecule has 4 amide bonds. The van der Waals surface area contributed by atoms with Crippen LogP contribution in [0.5, 0.6) is 0 Å². The maximum Gasteiger partial charge on any atom is 0.408 e. The monoisotopic (exact) mass is 669 g/mol. The SMILES string of the molecule is CC(C)(C)OC(=O)N[C@@H](CCC(N)=O)C(=O)N[C@H](Cc1c[nH]c2ccccc12)C(=O)N[C@@H](Cc1ccccc1)C(=O)OCc1ccccc1. The smallest absolute Gasteiger partial charge is 0.408 e. The van der Waals surface area contributed by atoms with E-state index in [4.69, 9.17) is 15.2 Å². The first-order valence-corrected chi connectivity index (χ1v) is 16.1. The minimum absolute atomic E-state index is 0.00815. The lowest BCUT2D eigenvalue weighted by molar-refractivity contribution is -0.149. The normalized spacial score (nSPS) is 13.0. The Morgan fingerprint density at radius 2 is 1.33 bits per heavy atom.